The highest BCUT2D eigenvalue weighted by Gasteiger charge is 2.25. The lowest BCUT2D eigenvalue weighted by molar-refractivity contribution is -0.113. The Kier molecular flexibility index (Phi) is 6.16. The van der Waals surface area contributed by atoms with Crippen LogP contribution in [0.15, 0.2) is 46.3 Å². The molecule has 0 spiro atoms. The van der Waals surface area contributed by atoms with Gasteiger partial charge in [0.25, 0.3) is 5.91 Å². The number of aliphatic imine (C=N–C) groups is 1. The van der Waals surface area contributed by atoms with E-state index in [1.165, 1.54) is 11.8 Å². The molecule has 0 radical (unpaired) electrons. The predicted octanol–water partition coefficient (Wildman–Crippen LogP) is 4.47. The molecule has 2 aromatic carbocycles. The van der Waals surface area contributed by atoms with Crippen LogP contribution < -0.4 is 19.1 Å². The van der Waals surface area contributed by atoms with Crippen molar-refractivity contribution in [3.05, 3.63) is 51.9 Å². The van der Waals surface area contributed by atoms with E-state index >= 15 is 0 Å². The number of ether oxygens (including phenoxy) is 3. The Morgan fingerprint density at radius 2 is 1.64 bits per heavy atom. The SMILES string of the molecule is COc1cc(/C=C2\SC(N(C)c3ccc(Cl)cc3)=NC2=O)cc(OC)c1OC. The number of amides is 1. The van der Waals surface area contributed by atoms with Crippen molar-refractivity contribution < 1.29 is 19.0 Å². The Morgan fingerprint density at radius 1 is 1.04 bits per heavy atom. The van der Waals surface area contributed by atoms with Crippen LogP contribution in [-0.4, -0.2) is 39.5 Å². The third kappa shape index (κ3) is 4.10. The third-order valence-electron chi connectivity index (χ3n) is 4.09. The Hall–Kier alpha value is -2.64. The van der Waals surface area contributed by atoms with Gasteiger partial charge in [-0.25, -0.2) is 0 Å². The van der Waals surface area contributed by atoms with E-state index in [2.05, 4.69) is 4.99 Å². The summed E-state index contributed by atoms with van der Waals surface area (Å²) in [6.45, 7) is 0. The summed E-state index contributed by atoms with van der Waals surface area (Å²) in [5.74, 6) is 1.23. The maximum absolute atomic E-state index is 12.4. The molecule has 0 bridgehead atoms. The van der Waals surface area contributed by atoms with Gasteiger partial charge in [0.2, 0.25) is 5.75 Å². The van der Waals surface area contributed by atoms with Gasteiger partial charge in [0.05, 0.1) is 26.2 Å². The van der Waals surface area contributed by atoms with E-state index in [1.54, 1.807) is 51.7 Å². The second-order valence-electron chi connectivity index (χ2n) is 5.80. The van der Waals surface area contributed by atoms with Gasteiger partial charge in [-0.1, -0.05) is 11.6 Å². The van der Waals surface area contributed by atoms with Crippen LogP contribution in [0.2, 0.25) is 5.02 Å². The molecule has 3 rings (SSSR count). The summed E-state index contributed by atoms with van der Waals surface area (Å²) < 4.78 is 16.1. The Labute approximate surface area is 172 Å². The van der Waals surface area contributed by atoms with E-state index in [9.17, 15) is 4.79 Å². The Bertz CT molecular complexity index is 932. The number of carbonyl (C=O) groups is 1. The first-order valence-electron chi connectivity index (χ1n) is 8.28. The molecule has 1 aliphatic rings. The first kappa shape index (κ1) is 20.1. The van der Waals surface area contributed by atoms with Gasteiger partial charge in [0.1, 0.15) is 0 Å². The fourth-order valence-corrected chi connectivity index (χ4v) is 3.67. The van der Waals surface area contributed by atoms with Crippen molar-refractivity contribution in [1.82, 2.24) is 0 Å². The molecular weight excluding hydrogens is 400 g/mol. The maximum atomic E-state index is 12.4. The topological polar surface area (TPSA) is 60.4 Å². The summed E-state index contributed by atoms with van der Waals surface area (Å²) in [5.41, 5.74) is 1.63. The molecule has 6 nitrogen and oxygen atoms in total. The molecular formula is C20H19ClN2O4S. The van der Waals surface area contributed by atoms with Crippen molar-refractivity contribution in [1.29, 1.82) is 0 Å². The molecule has 0 aromatic heterocycles. The summed E-state index contributed by atoms with van der Waals surface area (Å²) in [6, 6.07) is 10.9. The number of halogens is 1. The fourth-order valence-electron chi connectivity index (χ4n) is 2.65. The zero-order valence-electron chi connectivity index (χ0n) is 15.9. The van der Waals surface area contributed by atoms with Crippen LogP contribution in [0.3, 0.4) is 0 Å². The molecule has 0 atom stereocenters. The zero-order valence-corrected chi connectivity index (χ0v) is 17.4. The molecule has 0 aliphatic carbocycles. The van der Waals surface area contributed by atoms with E-state index in [1.807, 2.05) is 24.1 Å². The number of hydrogen-bond acceptors (Lipinski definition) is 6. The lowest BCUT2D eigenvalue weighted by atomic mass is 10.1. The van der Waals surface area contributed by atoms with E-state index in [0.29, 0.717) is 32.3 Å². The second-order valence-corrected chi connectivity index (χ2v) is 7.25. The number of benzene rings is 2. The quantitative estimate of drug-likeness (QED) is 0.667. The van der Waals surface area contributed by atoms with Gasteiger partial charge >= 0.3 is 0 Å². The van der Waals surface area contributed by atoms with Crippen molar-refractivity contribution >= 4 is 46.2 Å². The average Bonchev–Trinajstić information content (AvgIpc) is 3.07. The van der Waals surface area contributed by atoms with Crippen LogP contribution in [0.5, 0.6) is 17.2 Å². The largest absolute Gasteiger partial charge is 0.493 e. The normalized spacial score (nSPS) is 14.8. The van der Waals surface area contributed by atoms with Gasteiger partial charge < -0.3 is 19.1 Å². The van der Waals surface area contributed by atoms with Gasteiger partial charge in [0, 0.05) is 17.8 Å². The fraction of sp³-hybridized carbons (Fsp3) is 0.200. The number of hydrogen-bond donors (Lipinski definition) is 0. The van der Waals surface area contributed by atoms with Gasteiger partial charge in [-0.05, 0) is 59.8 Å². The minimum Gasteiger partial charge on any atom is -0.493 e. The lowest BCUT2D eigenvalue weighted by Crippen LogP contribution is -2.21. The van der Waals surface area contributed by atoms with E-state index in [-0.39, 0.29) is 5.91 Å². The third-order valence-corrected chi connectivity index (χ3v) is 5.41. The molecule has 8 heteroatoms. The molecule has 0 saturated carbocycles. The first-order valence-corrected chi connectivity index (χ1v) is 9.48. The number of anilines is 1. The number of rotatable bonds is 5. The molecule has 0 unspecified atom stereocenters. The summed E-state index contributed by atoms with van der Waals surface area (Å²) in [7, 11) is 6.49. The van der Waals surface area contributed by atoms with Crippen LogP contribution in [0.25, 0.3) is 6.08 Å². The standard InChI is InChI=1S/C20H19ClN2O4S/c1-23(14-7-5-13(21)6-8-14)20-22-19(24)17(28-20)11-12-9-15(25-2)18(27-4)16(10-12)26-3/h5-11H,1-4H3/b17-11-. The number of nitrogens with zero attached hydrogens (tertiary/aromatic N) is 2. The predicted molar refractivity (Wildman–Crippen MR) is 114 cm³/mol. The highest BCUT2D eigenvalue weighted by molar-refractivity contribution is 8.18. The van der Waals surface area contributed by atoms with Crippen molar-refractivity contribution in [2.24, 2.45) is 4.99 Å². The lowest BCUT2D eigenvalue weighted by Gasteiger charge is -2.17. The van der Waals surface area contributed by atoms with Crippen molar-refractivity contribution in [3.8, 4) is 17.2 Å². The first-order chi connectivity index (χ1) is 13.5. The van der Waals surface area contributed by atoms with Gasteiger partial charge in [-0.2, -0.15) is 4.99 Å². The van der Waals surface area contributed by atoms with Crippen LogP contribution >= 0.6 is 23.4 Å². The van der Waals surface area contributed by atoms with Crippen LogP contribution in [0.1, 0.15) is 5.56 Å². The monoisotopic (exact) mass is 418 g/mol. The molecule has 1 amide bonds. The Balaban J connectivity index is 1.87. The molecule has 146 valence electrons. The highest BCUT2D eigenvalue weighted by Crippen LogP contribution is 2.40. The smallest absolute Gasteiger partial charge is 0.286 e. The molecule has 0 saturated heterocycles. The number of carbonyl (C=O) groups excluding carboxylic acids is 1. The molecule has 1 aliphatic heterocycles. The minimum absolute atomic E-state index is 0.297. The van der Waals surface area contributed by atoms with Gasteiger partial charge in [-0.15, -0.1) is 0 Å². The van der Waals surface area contributed by atoms with E-state index in [0.717, 1.165) is 11.3 Å². The maximum Gasteiger partial charge on any atom is 0.286 e. The van der Waals surface area contributed by atoms with Crippen LogP contribution in [-0.2, 0) is 4.79 Å². The summed E-state index contributed by atoms with van der Waals surface area (Å²) in [6.07, 6.45) is 1.75. The van der Waals surface area contributed by atoms with Crippen molar-refractivity contribution in [2.75, 3.05) is 33.3 Å². The second kappa shape index (κ2) is 8.58. The highest BCUT2D eigenvalue weighted by atomic mass is 35.5. The van der Waals surface area contributed by atoms with Crippen LogP contribution in [0.4, 0.5) is 5.69 Å². The average molecular weight is 419 g/mol. The van der Waals surface area contributed by atoms with E-state index in [4.69, 9.17) is 25.8 Å². The zero-order chi connectivity index (χ0) is 20.3. The molecule has 1 heterocycles. The summed E-state index contributed by atoms with van der Waals surface area (Å²) in [5, 5.41) is 1.24. The Morgan fingerprint density at radius 3 is 2.18 bits per heavy atom. The van der Waals surface area contributed by atoms with Gasteiger partial charge in [0.15, 0.2) is 16.7 Å². The van der Waals surface area contributed by atoms with Crippen molar-refractivity contribution in [3.63, 3.8) is 0 Å². The molecule has 0 N–H and O–H groups in total. The summed E-state index contributed by atoms with van der Waals surface area (Å²) >= 11 is 7.24. The van der Waals surface area contributed by atoms with Crippen LogP contribution in [0, 0.1) is 0 Å². The molecule has 28 heavy (non-hydrogen) atoms. The number of amidine groups is 1. The van der Waals surface area contributed by atoms with Crippen molar-refractivity contribution in [2.45, 2.75) is 0 Å². The number of methoxy groups -OCH3 is 3. The minimum atomic E-state index is -0.297. The number of thioether (sulfide) groups is 1. The van der Waals surface area contributed by atoms with Gasteiger partial charge in [-0.3, -0.25) is 4.79 Å². The van der Waals surface area contributed by atoms with E-state index < -0.39 is 0 Å². The molecule has 2 aromatic rings. The summed E-state index contributed by atoms with van der Waals surface area (Å²) in [4.78, 5) is 18.9. The molecule has 0 fully saturated rings.